The first-order chi connectivity index (χ1) is 9.33. The van der Waals surface area contributed by atoms with E-state index in [9.17, 15) is 0 Å². The average molecular weight is 261 g/mol. The molecule has 2 aromatic rings. The highest BCUT2D eigenvalue weighted by atomic mass is 16.5. The molecule has 1 fully saturated rings. The number of hydrogen-bond donors (Lipinski definition) is 1. The molecule has 0 aromatic carbocycles. The van der Waals surface area contributed by atoms with Crippen molar-refractivity contribution in [2.75, 3.05) is 18.5 Å². The van der Waals surface area contributed by atoms with Crippen LogP contribution in [0.4, 0.5) is 5.82 Å². The fourth-order valence-electron chi connectivity index (χ4n) is 2.05. The highest BCUT2D eigenvalue weighted by Crippen LogP contribution is 2.23. The van der Waals surface area contributed by atoms with Gasteiger partial charge in [0.25, 0.3) is 5.89 Å². The Labute approximate surface area is 110 Å². The lowest BCUT2D eigenvalue weighted by Gasteiger charge is -2.12. The number of aromatic nitrogens is 4. The first-order valence-electron chi connectivity index (χ1n) is 6.29. The zero-order valence-corrected chi connectivity index (χ0v) is 10.7. The maximum Gasteiger partial charge on any atom is 0.263 e. The molecule has 100 valence electrons. The van der Waals surface area contributed by atoms with Gasteiger partial charge in [0, 0.05) is 19.3 Å². The first kappa shape index (κ1) is 12.0. The fourth-order valence-corrected chi connectivity index (χ4v) is 2.05. The molecule has 0 radical (unpaired) electrons. The summed E-state index contributed by atoms with van der Waals surface area (Å²) in [6, 6.07) is 0. The van der Waals surface area contributed by atoms with Crippen LogP contribution in [0.15, 0.2) is 17.0 Å². The zero-order chi connectivity index (χ0) is 13.1. The van der Waals surface area contributed by atoms with Gasteiger partial charge in [-0.1, -0.05) is 5.16 Å². The molecule has 0 saturated carbocycles. The Balaban J connectivity index is 1.77. The molecule has 2 aromatic heterocycles. The van der Waals surface area contributed by atoms with E-state index >= 15 is 0 Å². The summed E-state index contributed by atoms with van der Waals surface area (Å²) in [5, 5.41) is 7.04. The van der Waals surface area contributed by atoms with Crippen LogP contribution in [0.25, 0.3) is 11.5 Å². The van der Waals surface area contributed by atoms with Gasteiger partial charge in [-0.25, -0.2) is 9.97 Å². The topological polar surface area (TPSA) is 86.0 Å². The number of nitrogens with one attached hydrogen (secondary N) is 1. The summed E-state index contributed by atoms with van der Waals surface area (Å²) in [7, 11) is 0. The van der Waals surface area contributed by atoms with Gasteiger partial charge in [-0.3, -0.25) is 0 Å². The second-order valence-corrected chi connectivity index (χ2v) is 4.45. The predicted molar refractivity (Wildman–Crippen MR) is 67.5 cm³/mol. The Bertz CT molecular complexity index is 551. The molecule has 3 heterocycles. The minimum Gasteiger partial charge on any atom is -0.376 e. The lowest BCUT2D eigenvalue weighted by atomic mass is 10.2. The van der Waals surface area contributed by atoms with Gasteiger partial charge in [-0.2, -0.15) is 4.98 Å². The zero-order valence-electron chi connectivity index (χ0n) is 10.7. The predicted octanol–water partition coefficient (Wildman–Crippen LogP) is 1.43. The summed E-state index contributed by atoms with van der Waals surface area (Å²) in [6.07, 6.45) is 5.59. The van der Waals surface area contributed by atoms with Crippen LogP contribution in [0.1, 0.15) is 18.7 Å². The Morgan fingerprint density at radius 2 is 2.42 bits per heavy atom. The van der Waals surface area contributed by atoms with Crippen molar-refractivity contribution in [1.82, 2.24) is 20.1 Å². The standard InChI is InChI=1S/C12H15N5O2/c1-8-16-12(19-17-8)10-6-13-7-15-11(10)14-5-9-3-2-4-18-9/h6-7,9H,2-5H2,1H3,(H,13,14,15)/t9-/m1/s1. The SMILES string of the molecule is Cc1noc(-c2cncnc2NC[C@H]2CCCO2)n1. The summed E-state index contributed by atoms with van der Waals surface area (Å²) in [6.45, 7) is 3.33. The van der Waals surface area contributed by atoms with Gasteiger partial charge in [0.1, 0.15) is 17.7 Å². The van der Waals surface area contributed by atoms with E-state index in [0.29, 0.717) is 23.1 Å². The Morgan fingerprint density at radius 3 is 3.16 bits per heavy atom. The molecule has 0 amide bonds. The molecule has 7 heteroatoms. The van der Waals surface area contributed by atoms with E-state index in [1.165, 1.54) is 6.33 Å². The van der Waals surface area contributed by atoms with Crippen molar-refractivity contribution in [2.24, 2.45) is 0 Å². The number of rotatable bonds is 4. The second kappa shape index (κ2) is 5.31. The summed E-state index contributed by atoms with van der Waals surface area (Å²) in [5.74, 6) is 1.70. The van der Waals surface area contributed by atoms with E-state index in [2.05, 4.69) is 25.4 Å². The largest absolute Gasteiger partial charge is 0.376 e. The molecule has 1 aliphatic heterocycles. The van der Waals surface area contributed by atoms with Crippen molar-refractivity contribution in [3.63, 3.8) is 0 Å². The number of nitrogens with zero attached hydrogens (tertiary/aromatic N) is 4. The fraction of sp³-hybridized carbons (Fsp3) is 0.500. The van der Waals surface area contributed by atoms with Gasteiger partial charge in [0.15, 0.2) is 5.82 Å². The van der Waals surface area contributed by atoms with Crippen LogP contribution >= 0.6 is 0 Å². The lowest BCUT2D eigenvalue weighted by Crippen LogP contribution is -2.19. The van der Waals surface area contributed by atoms with Crippen LogP contribution in [0, 0.1) is 6.92 Å². The molecule has 1 atom stereocenters. The molecule has 0 bridgehead atoms. The van der Waals surface area contributed by atoms with Gasteiger partial charge >= 0.3 is 0 Å². The third-order valence-corrected chi connectivity index (χ3v) is 2.99. The monoisotopic (exact) mass is 261 g/mol. The Morgan fingerprint density at radius 1 is 1.47 bits per heavy atom. The van der Waals surface area contributed by atoms with E-state index in [-0.39, 0.29) is 6.10 Å². The van der Waals surface area contributed by atoms with Crippen LogP contribution in [0.2, 0.25) is 0 Å². The molecular weight excluding hydrogens is 246 g/mol. The van der Waals surface area contributed by atoms with E-state index < -0.39 is 0 Å². The highest BCUT2D eigenvalue weighted by molar-refractivity contribution is 5.67. The smallest absolute Gasteiger partial charge is 0.263 e. The van der Waals surface area contributed by atoms with Crippen molar-refractivity contribution in [3.05, 3.63) is 18.3 Å². The van der Waals surface area contributed by atoms with Crippen LogP contribution < -0.4 is 5.32 Å². The van der Waals surface area contributed by atoms with Crippen molar-refractivity contribution >= 4 is 5.82 Å². The quantitative estimate of drug-likeness (QED) is 0.890. The summed E-state index contributed by atoms with van der Waals surface area (Å²) < 4.78 is 10.7. The van der Waals surface area contributed by atoms with Crippen molar-refractivity contribution < 1.29 is 9.26 Å². The van der Waals surface area contributed by atoms with Crippen molar-refractivity contribution in [2.45, 2.75) is 25.9 Å². The lowest BCUT2D eigenvalue weighted by molar-refractivity contribution is 0.120. The van der Waals surface area contributed by atoms with Crippen molar-refractivity contribution in [1.29, 1.82) is 0 Å². The van der Waals surface area contributed by atoms with Crippen LogP contribution in [-0.2, 0) is 4.74 Å². The average Bonchev–Trinajstić information content (AvgIpc) is 3.08. The van der Waals surface area contributed by atoms with Crippen LogP contribution in [0.3, 0.4) is 0 Å². The highest BCUT2D eigenvalue weighted by Gasteiger charge is 2.17. The molecule has 7 nitrogen and oxygen atoms in total. The number of hydrogen-bond acceptors (Lipinski definition) is 7. The molecule has 19 heavy (non-hydrogen) atoms. The molecule has 0 spiro atoms. The molecule has 1 aliphatic rings. The molecule has 0 unspecified atom stereocenters. The summed E-state index contributed by atoms with van der Waals surface area (Å²) in [4.78, 5) is 12.4. The molecular formula is C12H15N5O2. The summed E-state index contributed by atoms with van der Waals surface area (Å²) in [5.41, 5.74) is 0.709. The second-order valence-electron chi connectivity index (χ2n) is 4.45. The molecule has 1 saturated heterocycles. The normalized spacial score (nSPS) is 18.7. The molecule has 1 N–H and O–H groups in total. The van der Waals surface area contributed by atoms with Gasteiger partial charge in [0.2, 0.25) is 0 Å². The third kappa shape index (κ3) is 2.70. The maximum absolute atomic E-state index is 5.57. The number of ether oxygens (including phenoxy) is 1. The van der Waals surface area contributed by atoms with E-state index in [1.807, 2.05) is 0 Å². The van der Waals surface area contributed by atoms with Gasteiger partial charge in [0.05, 0.1) is 6.10 Å². The number of aryl methyl sites for hydroxylation is 1. The van der Waals surface area contributed by atoms with Crippen molar-refractivity contribution in [3.8, 4) is 11.5 Å². The maximum atomic E-state index is 5.57. The van der Waals surface area contributed by atoms with Gasteiger partial charge < -0.3 is 14.6 Å². The Kier molecular flexibility index (Phi) is 3.37. The minimum atomic E-state index is 0.243. The first-order valence-corrected chi connectivity index (χ1v) is 6.29. The Hall–Kier alpha value is -2.02. The third-order valence-electron chi connectivity index (χ3n) is 2.99. The van der Waals surface area contributed by atoms with Crippen LogP contribution in [0.5, 0.6) is 0 Å². The minimum absolute atomic E-state index is 0.243. The van der Waals surface area contributed by atoms with Gasteiger partial charge in [-0.05, 0) is 19.8 Å². The molecule has 3 rings (SSSR count). The van der Waals surface area contributed by atoms with Gasteiger partial charge in [-0.15, -0.1) is 0 Å². The molecule has 0 aliphatic carbocycles. The van der Waals surface area contributed by atoms with Crippen LogP contribution in [-0.4, -0.2) is 39.4 Å². The van der Waals surface area contributed by atoms with E-state index in [0.717, 1.165) is 26.0 Å². The number of anilines is 1. The van der Waals surface area contributed by atoms with E-state index in [1.54, 1.807) is 13.1 Å². The van der Waals surface area contributed by atoms with E-state index in [4.69, 9.17) is 9.26 Å². The summed E-state index contributed by atoms with van der Waals surface area (Å²) >= 11 is 0.